The Morgan fingerprint density at radius 1 is 0.971 bits per heavy atom. The highest BCUT2D eigenvalue weighted by Gasteiger charge is 2.26. The molecule has 0 radical (unpaired) electrons. The summed E-state index contributed by atoms with van der Waals surface area (Å²) in [5.41, 5.74) is 3.51. The van der Waals surface area contributed by atoms with Gasteiger partial charge in [0.05, 0.1) is 23.2 Å². The number of hydrazone groups is 1. The van der Waals surface area contributed by atoms with Crippen molar-refractivity contribution in [2.24, 2.45) is 5.10 Å². The van der Waals surface area contributed by atoms with Crippen LogP contribution in [-0.2, 0) is 21.2 Å². The Labute approximate surface area is 202 Å². The van der Waals surface area contributed by atoms with Gasteiger partial charge in [-0.15, -0.1) is 0 Å². The van der Waals surface area contributed by atoms with Gasteiger partial charge in [-0.05, 0) is 42.3 Å². The molecule has 0 heterocycles. The van der Waals surface area contributed by atoms with Crippen LogP contribution >= 0.6 is 11.6 Å². The van der Waals surface area contributed by atoms with Crippen molar-refractivity contribution in [1.82, 2.24) is 9.73 Å². The Kier molecular flexibility index (Phi) is 8.53. The number of sulfonamides is 1. The van der Waals surface area contributed by atoms with Crippen LogP contribution in [0.1, 0.15) is 21.5 Å². The Bertz CT molecular complexity index is 1280. The van der Waals surface area contributed by atoms with Crippen LogP contribution in [0.15, 0.2) is 88.9 Å². The molecule has 0 bridgehead atoms. The average molecular weight is 500 g/mol. The molecule has 0 saturated heterocycles. The minimum absolute atomic E-state index is 0.0108. The van der Waals surface area contributed by atoms with E-state index in [1.165, 1.54) is 42.6 Å². The lowest BCUT2D eigenvalue weighted by Gasteiger charge is -2.21. The molecule has 0 aliphatic carbocycles. The second kappa shape index (κ2) is 11.6. The van der Waals surface area contributed by atoms with Gasteiger partial charge in [-0.1, -0.05) is 60.1 Å². The molecule has 0 saturated carbocycles. The van der Waals surface area contributed by atoms with Gasteiger partial charge >= 0.3 is 5.97 Å². The van der Waals surface area contributed by atoms with Crippen LogP contribution in [0, 0.1) is 0 Å². The molecule has 2 N–H and O–H groups in total. The highest BCUT2D eigenvalue weighted by atomic mass is 35.5. The number of hydrogen-bond donors (Lipinski definition) is 2. The van der Waals surface area contributed by atoms with Crippen LogP contribution in [0.2, 0.25) is 5.02 Å². The zero-order chi connectivity index (χ0) is 24.6. The van der Waals surface area contributed by atoms with Gasteiger partial charge in [-0.3, -0.25) is 4.79 Å². The zero-order valence-corrected chi connectivity index (χ0v) is 19.5. The predicted octanol–water partition coefficient (Wildman–Crippen LogP) is 3.42. The fourth-order valence-corrected chi connectivity index (χ4v) is 4.64. The number of amides is 1. The number of carbonyl (C=O) groups excluding carboxylic acids is 1. The number of hydrogen-bond acceptors (Lipinski definition) is 5. The molecule has 8 nitrogen and oxygen atoms in total. The first-order valence-electron chi connectivity index (χ1n) is 10.2. The highest BCUT2D eigenvalue weighted by molar-refractivity contribution is 7.89. The molecule has 3 aromatic carbocycles. The minimum Gasteiger partial charge on any atom is -0.478 e. The van der Waals surface area contributed by atoms with Crippen molar-refractivity contribution in [3.8, 4) is 0 Å². The summed E-state index contributed by atoms with van der Waals surface area (Å²) in [6, 6.07) is 21.2. The number of carbonyl (C=O) groups is 2. The van der Waals surface area contributed by atoms with Gasteiger partial charge < -0.3 is 5.11 Å². The van der Waals surface area contributed by atoms with Crippen LogP contribution in [0.4, 0.5) is 0 Å². The number of nitrogens with zero attached hydrogens (tertiary/aromatic N) is 2. The van der Waals surface area contributed by atoms with Crippen LogP contribution in [0.25, 0.3) is 0 Å². The zero-order valence-electron chi connectivity index (χ0n) is 18.0. The van der Waals surface area contributed by atoms with Gasteiger partial charge in [0.15, 0.2) is 0 Å². The smallest absolute Gasteiger partial charge is 0.336 e. The minimum atomic E-state index is -3.99. The van der Waals surface area contributed by atoms with E-state index in [0.717, 1.165) is 9.87 Å². The number of benzene rings is 3. The molecule has 0 aromatic heterocycles. The second-order valence-electron chi connectivity index (χ2n) is 7.21. The molecule has 10 heteroatoms. The number of aromatic carboxylic acids is 1. The monoisotopic (exact) mass is 499 g/mol. The predicted molar refractivity (Wildman–Crippen MR) is 129 cm³/mol. The molecule has 0 atom stereocenters. The van der Waals surface area contributed by atoms with E-state index in [9.17, 15) is 23.1 Å². The van der Waals surface area contributed by atoms with Gasteiger partial charge in [0.2, 0.25) is 10.0 Å². The first-order chi connectivity index (χ1) is 16.3. The standard InChI is InChI=1S/C24H22ClN3O5S/c25-20-10-12-21(13-11-20)34(32,33)28(15-14-18-6-2-1-3-7-18)17-23(29)27-26-16-19-8-4-5-9-22(19)24(30)31/h1-13,16H,14-15,17H2,(H,27,29)(H,30,31)/b26-16-. The van der Waals surface area contributed by atoms with Crippen molar-refractivity contribution in [3.05, 3.63) is 101 Å². The topological polar surface area (TPSA) is 116 Å². The SMILES string of the molecule is O=C(CN(CCc1ccccc1)S(=O)(=O)c1ccc(Cl)cc1)N/N=C\c1ccccc1C(=O)O. The summed E-state index contributed by atoms with van der Waals surface area (Å²) >= 11 is 5.88. The third kappa shape index (κ3) is 6.74. The maximum atomic E-state index is 13.2. The van der Waals surface area contributed by atoms with Gasteiger partial charge in [-0.25, -0.2) is 18.6 Å². The lowest BCUT2D eigenvalue weighted by atomic mass is 10.1. The molecule has 1 amide bonds. The number of halogens is 1. The van der Waals surface area contributed by atoms with Crippen molar-refractivity contribution in [2.75, 3.05) is 13.1 Å². The quantitative estimate of drug-likeness (QED) is 0.327. The van der Waals surface area contributed by atoms with Gasteiger partial charge in [0.1, 0.15) is 0 Å². The van der Waals surface area contributed by atoms with E-state index in [1.807, 2.05) is 30.3 Å². The molecular formula is C24H22ClN3O5S. The Morgan fingerprint density at radius 3 is 2.29 bits per heavy atom. The first kappa shape index (κ1) is 25.1. The molecule has 34 heavy (non-hydrogen) atoms. The maximum absolute atomic E-state index is 13.2. The van der Waals surface area contributed by atoms with Gasteiger partial charge in [0, 0.05) is 17.1 Å². The molecular weight excluding hydrogens is 478 g/mol. The Hall–Kier alpha value is -3.53. The Morgan fingerprint density at radius 2 is 1.62 bits per heavy atom. The fourth-order valence-electron chi connectivity index (χ4n) is 3.11. The third-order valence-corrected chi connectivity index (χ3v) is 6.96. The molecule has 0 spiro atoms. The summed E-state index contributed by atoms with van der Waals surface area (Å²) in [5, 5.41) is 13.4. The van der Waals surface area contributed by atoms with Crippen molar-refractivity contribution in [1.29, 1.82) is 0 Å². The molecule has 0 aliphatic heterocycles. The van der Waals surface area contributed by atoms with Crippen molar-refractivity contribution >= 4 is 39.7 Å². The number of carboxylic acids is 1. The number of rotatable bonds is 10. The van der Waals surface area contributed by atoms with E-state index >= 15 is 0 Å². The van der Waals surface area contributed by atoms with E-state index in [2.05, 4.69) is 10.5 Å². The summed E-state index contributed by atoms with van der Waals surface area (Å²) < 4.78 is 27.5. The van der Waals surface area contributed by atoms with Crippen LogP contribution < -0.4 is 5.43 Å². The van der Waals surface area contributed by atoms with Crippen molar-refractivity contribution in [2.45, 2.75) is 11.3 Å². The van der Waals surface area contributed by atoms with Crippen LogP contribution in [0.3, 0.4) is 0 Å². The fraction of sp³-hybridized carbons (Fsp3) is 0.125. The molecule has 0 fully saturated rings. The van der Waals surface area contributed by atoms with Gasteiger partial charge in [-0.2, -0.15) is 9.41 Å². The van der Waals surface area contributed by atoms with E-state index < -0.39 is 28.4 Å². The summed E-state index contributed by atoms with van der Waals surface area (Å²) in [6.07, 6.45) is 1.60. The average Bonchev–Trinajstić information content (AvgIpc) is 2.82. The van der Waals surface area contributed by atoms with Crippen molar-refractivity contribution < 1.29 is 23.1 Å². The molecule has 0 aliphatic rings. The summed E-state index contributed by atoms with van der Waals surface area (Å²) in [5.74, 6) is -1.80. The largest absolute Gasteiger partial charge is 0.478 e. The Balaban J connectivity index is 1.75. The first-order valence-corrected chi connectivity index (χ1v) is 12.0. The molecule has 3 rings (SSSR count). The summed E-state index contributed by atoms with van der Waals surface area (Å²) in [6.45, 7) is -0.413. The van der Waals surface area contributed by atoms with Crippen LogP contribution in [0.5, 0.6) is 0 Å². The molecule has 0 unspecified atom stereocenters. The lowest BCUT2D eigenvalue weighted by Crippen LogP contribution is -2.40. The molecule has 176 valence electrons. The van der Waals surface area contributed by atoms with Crippen molar-refractivity contribution in [3.63, 3.8) is 0 Å². The van der Waals surface area contributed by atoms with Gasteiger partial charge in [0.25, 0.3) is 5.91 Å². The normalized spacial score (nSPS) is 11.6. The van der Waals surface area contributed by atoms with E-state index in [1.54, 1.807) is 12.1 Å². The van der Waals surface area contributed by atoms with E-state index in [0.29, 0.717) is 17.0 Å². The number of nitrogens with one attached hydrogen (secondary N) is 1. The van der Waals surface area contributed by atoms with Crippen LogP contribution in [-0.4, -0.2) is 49.0 Å². The summed E-state index contributed by atoms with van der Waals surface area (Å²) in [7, 11) is -3.99. The third-order valence-electron chi connectivity index (χ3n) is 4.85. The van der Waals surface area contributed by atoms with E-state index in [4.69, 9.17) is 11.6 Å². The highest BCUT2D eigenvalue weighted by Crippen LogP contribution is 2.19. The summed E-state index contributed by atoms with van der Waals surface area (Å²) in [4.78, 5) is 23.8. The molecule has 3 aromatic rings. The lowest BCUT2D eigenvalue weighted by molar-refractivity contribution is -0.121. The van der Waals surface area contributed by atoms with E-state index in [-0.39, 0.29) is 17.0 Å². The number of carboxylic acid groups (broad SMARTS) is 1. The second-order valence-corrected chi connectivity index (χ2v) is 9.59. The maximum Gasteiger partial charge on any atom is 0.336 e.